The SMILES string of the molecule is CCCCCCCCC(CCCCCC)Cc1cc(C)sc1-c1ccc(-c2ccc(C)s2)s1. The Bertz CT molecular complexity index is 926. The van der Waals surface area contributed by atoms with Crippen LogP contribution in [0.2, 0.25) is 0 Å². The van der Waals surface area contributed by atoms with Gasteiger partial charge in [0.25, 0.3) is 0 Å². The number of aryl methyl sites for hydroxylation is 2. The van der Waals surface area contributed by atoms with Gasteiger partial charge < -0.3 is 0 Å². The summed E-state index contributed by atoms with van der Waals surface area (Å²) in [6.07, 6.45) is 18.1. The lowest BCUT2D eigenvalue weighted by Gasteiger charge is -2.17. The lowest BCUT2D eigenvalue weighted by Crippen LogP contribution is -2.05. The summed E-state index contributed by atoms with van der Waals surface area (Å²) in [5, 5.41) is 0. The average molecular weight is 501 g/mol. The Morgan fingerprint density at radius 2 is 1.18 bits per heavy atom. The normalized spacial score (nSPS) is 12.5. The largest absolute Gasteiger partial charge is 0.140 e. The van der Waals surface area contributed by atoms with E-state index in [4.69, 9.17) is 0 Å². The molecule has 0 N–H and O–H groups in total. The van der Waals surface area contributed by atoms with Crippen LogP contribution < -0.4 is 0 Å². The van der Waals surface area contributed by atoms with Crippen LogP contribution in [0.1, 0.15) is 106 Å². The van der Waals surface area contributed by atoms with Gasteiger partial charge in [0, 0.05) is 29.3 Å². The number of rotatable bonds is 16. The Balaban J connectivity index is 1.67. The van der Waals surface area contributed by atoms with Crippen LogP contribution in [-0.2, 0) is 6.42 Å². The molecule has 3 rings (SSSR count). The van der Waals surface area contributed by atoms with Crippen LogP contribution in [0, 0.1) is 19.8 Å². The second-order valence-corrected chi connectivity index (χ2v) is 13.4. The molecule has 0 nitrogen and oxygen atoms in total. The first-order valence-electron chi connectivity index (χ1n) is 13.4. The molecule has 0 fully saturated rings. The molecule has 0 saturated carbocycles. The highest BCUT2D eigenvalue weighted by molar-refractivity contribution is 7.26. The minimum absolute atomic E-state index is 0.847. The second-order valence-electron chi connectivity index (χ2n) is 9.76. The van der Waals surface area contributed by atoms with Crippen molar-refractivity contribution in [1.82, 2.24) is 0 Å². The minimum atomic E-state index is 0.847. The molecule has 0 aliphatic rings. The topological polar surface area (TPSA) is 0 Å². The van der Waals surface area contributed by atoms with Gasteiger partial charge in [0.15, 0.2) is 0 Å². The zero-order valence-corrected chi connectivity index (χ0v) is 23.8. The molecule has 0 amide bonds. The summed E-state index contributed by atoms with van der Waals surface area (Å²) in [5.41, 5.74) is 1.61. The predicted octanol–water partition coefficient (Wildman–Crippen LogP) is 11.7. The van der Waals surface area contributed by atoms with E-state index in [1.807, 2.05) is 34.0 Å². The zero-order valence-electron chi connectivity index (χ0n) is 21.4. The standard InChI is InChI=1S/C30H44S3/c1-5-7-9-11-12-14-16-25(15-13-10-8-6-2)22-26-21-24(4)32-30(26)29-20-19-28(33-29)27-18-17-23(3)31-27/h17-21,25H,5-16,22H2,1-4H3. The highest BCUT2D eigenvalue weighted by atomic mass is 32.1. The molecular weight excluding hydrogens is 457 g/mol. The lowest BCUT2D eigenvalue weighted by molar-refractivity contribution is 0.403. The van der Waals surface area contributed by atoms with Crippen LogP contribution >= 0.6 is 34.0 Å². The van der Waals surface area contributed by atoms with Crippen molar-refractivity contribution in [3.63, 3.8) is 0 Å². The summed E-state index contributed by atoms with van der Waals surface area (Å²) < 4.78 is 0. The third kappa shape index (κ3) is 8.67. The molecular formula is C30H44S3. The Morgan fingerprint density at radius 1 is 0.606 bits per heavy atom. The smallest absolute Gasteiger partial charge is 0.0477 e. The van der Waals surface area contributed by atoms with E-state index in [0.717, 1.165) is 5.92 Å². The van der Waals surface area contributed by atoms with Crippen molar-refractivity contribution in [2.24, 2.45) is 5.92 Å². The molecule has 0 aliphatic heterocycles. The summed E-state index contributed by atoms with van der Waals surface area (Å²) in [5.74, 6) is 0.847. The molecule has 3 heteroatoms. The van der Waals surface area contributed by atoms with Gasteiger partial charge in [-0.2, -0.15) is 0 Å². The maximum Gasteiger partial charge on any atom is 0.0477 e. The van der Waals surface area contributed by atoms with E-state index in [9.17, 15) is 0 Å². The highest BCUT2D eigenvalue weighted by Crippen LogP contribution is 2.42. The van der Waals surface area contributed by atoms with E-state index in [2.05, 4.69) is 58.0 Å². The van der Waals surface area contributed by atoms with Crippen LogP contribution in [0.25, 0.3) is 19.5 Å². The molecule has 182 valence electrons. The Kier molecular flexibility index (Phi) is 11.7. The maximum absolute atomic E-state index is 2.50. The van der Waals surface area contributed by atoms with Gasteiger partial charge in [0.05, 0.1) is 0 Å². The molecule has 0 bridgehead atoms. The summed E-state index contributed by atoms with van der Waals surface area (Å²) in [4.78, 5) is 8.70. The lowest BCUT2D eigenvalue weighted by atomic mass is 9.88. The summed E-state index contributed by atoms with van der Waals surface area (Å²) in [6.45, 7) is 9.12. The fourth-order valence-electron chi connectivity index (χ4n) is 4.82. The maximum atomic E-state index is 2.50. The molecule has 3 aromatic rings. The molecule has 3 heterocycles. The quantitative estimate of drug-likeness (QED) is 0.171. The van der Waals surface area contributed by atoms with Crippen LogP contribution in [0.15, 0.2) is 30.3 Å². The van der Waals surface area contributed by atoms with E-state index in [0.29, 0.717) is 0 Å². The van der Waals surface area contributed by atoms with Gasteiger partial charge in [0.1, 0.15) is 0 Å². The molecule has 0 aromatic carbocycles. The number of thiophene rings is 3. The van der Waals surface area contributed by atoms with Crippen molar-refractivity contribution < 1.29 is 0 Å². The van der Waals surface area contributed by atoms with Crippen molar-refractivity contribution in [3.8, 4) is 19.5 Å². The summed E-state index contributed by atoms with van der Waals surface area (Å²) >= 11 is 5.90. The molecule has 1 atom stereocenters. The van der Waals surface area contributed by atoms with Gasteiger partial charge in [0.2, 0.25) is 0 Å². The van der Waals surface area contributed by atoms with Crippen LogP contribution in [0.3, 0.4) is 0 Å². The van der Waals surface area contributed by atoms with Crippen molar-refractivity contribution in [3.05, 3.63) is 45.6 Å². The molecule has 0 aliphatic carbocycles. The van der Waals surface area contributed by atoms with Gasteiger partial charge in [-0.1, -0.05) is 90.9 Å². The zero-order chi connectivity index (χ0) is 23.5. The minimum Gasteiger partial charge on any atom is -0.140 e. The Morgan fingerprint density at radius 3 is 1.85 bits per heavy atom. The van der Waals surface area contributed by atoms with Crippen LogP contribution in [0.5, 0.6) is 0 Å². The third-order valence-corrected chi connectivity index (χ3v) is 10.2. The van der Waals surface area contributed by atoms with E-state index in [1.165, 1.54) is 108 Å². The van der Waals surface area contributed by atoms with Gasteiger partial charge in [-0.3, -0.25) is 0 Å². The van der Waals surface area contributed by atoms with Gasteiger partial charge >= 0.3 is 0 Å². The summed E-state index contributed by atoms with van der Waals surface area (Å²) in [6, 6.07) is 11.7. The van der Waals surface area contributed by atoms with E-state index in [-0.39, 0.29) is 0 Å². The van der Waals surface area contributed by atoms with Crippen molar-refractivity contribution in [2.45, 2.75) is 111 Å². The molecule has 0 saturated heterocycles. The van der Waals surface area contributed by atoms with Gasteiger partial charge in [-0.25, -0.2) is 0 Å². The molecule has 3 aromatic heterocycles. The van der Waals surface area contributed by atoms with Crippen LogP contribution in [0.4, 0.5) is 0 Å². The fraction of sp³-hybridized carbons (Fsp3) is 0.600. The summed E-state index contributed by atoms with van der Waals surface area (Å²) in [7, 11) is 0. The number of unbranched alkanes of at least 4 members (excludes halogenated alkanes) is 8. The first-order valence-corrected chi connectivity index (χ1v) is 15.8. The Labute approximate surface area is 215 Å². The highest BCUT2D eigenvalue weighted by Gasteiger charge is 2.17. The molecule has 33 heavy (non-hydrogen) atoms. The van der Waals surface area contributed by atoms with Gasteiger partial charge in [-0.05, 0) is 62.1 Å². The predicted molar refractivity (Wildman–Crippen MR) is 154 cm³/mol. The van der Waals surface area contributed by atoms with E-state index >= 15 is 0 Å². The number of hydrogen-bond donors (Lipinski definition) is 0. The molecule has 0 spiro atoms. The first kappa shape index (κ1) is 26.7. The molecule has 1 unspecified atom stereocenters. The molecule has 0 radical (unpaired) electrons. The second kappa shape index (κ2) is 14.5. The monoisotopic (exact) mass is 500 g/mol. The van der Waals surface area contributed by atoms with Crippen LogP contribution in [-0.4, -0.2) is 0 Å². The van der Waals surface area contributed by atoms with E-state index < -0.39 is 0 Å². The third-order valence-electron chi connectivity index (χ3n) is 6.69. The first-order chi connectivity index (χ1) is 16.1. The van der Waals surface area contributed by atoms with Gasteiger partial charge in [-0.15, -0.1) is 34.0 Å². The van der Waals surface area contributed by atoms with E-state index in [1.54, 1.807) is 10.4 Å². The van der Waals surface area contributed by atoms with Crippen molar-refractivity contribution >= 4 is 34.0 Å². The number of hydrogen-bond acceptors (Lipinski definition) is 3. The van der Waals surface area contributed by atoms with Crippen molar-refractivity contribution in [2.75, 3.05) is 0 Å². The Hall–Kier alpha value is -0.900. The fourth-order valence-corrected chi connectivity index (χ4v) is 7.97. The van der Waals surface area contributed by atoms with Crippen molar-refractivity contribution in [1.29, 1.82) is 0 Å². The average Bonchev–Trinajstić information content (AvgIpc) is 3.53.